The molecular formula is C13H14BrN3O2S. The Labute approximate surface area is 129 Å². The largest absolute Gasteiger partial charge is 0.481 e. The highest BCUT2D eigenvalue weighted by molar-refractivity contribution is 9.10. The number of aromatic nitrogens is 2. The van der Waals surface area contributed by atoms with Crippen LogP contribution in [0, 0.1) is 0 Å². The molecular weight excluding hydrogens is 342 g/mol. The van der Waals surface area contributed by atoms with E-state index < -0.39 is 6.10 Å². The first-order valence-corrected chi connectivity index (χ1v) is 7.75. The number of ether oxygens (including phenoxy) is 1. The average Bonchev–Trinajstić information content (AvgIpc) is 2.89. The van der Waals surface area contributed by atoms with E-state index in [-0.39, 0.29) is 5.91 Å². The number of hydrogen-bond acceptors (Lipinski definition) is 5. The number of hydrogen-bond donors (Lipinski definition) is 1. The van der Waals surface area contributed by atoms with Gasteiger partial charge in [0.25, 0.3) is 5.91 Å². The van der Waals surface area contributed by atoms with Crippen LogP contribution in [-0.2, 0) is 11.2 Å². The van der Waals surface area contributed by atoms with Crippen LogP contribution in [-0.4, -0.2) is 22.2 Å². The molecule has 0 aliphatic heterocycles. The molecule has 1 unspecified atom stereocenters. The lowest BCUT2D eigenvalue weighted by atomic mass is 10.3. The fourth-order valence-corrected chi connectivity index (χ4v) is 2.37. The molecule has 2 rings (SSSR count). The van der Waals surface area contributed by atoms with Gasteiger partial charge in [0.05, 0.1) is 0 Å². The van der Waals surface area contributed by atoms with Crippen LogP contribution in [0.2, 0.25) is 0 Å². The molecule has 1 aromatic heterocycles. The summed E-state index contributed by atoms with van der Waals surface area (Å²) in [5.41, 5.74) is 0. The number of carbonyl (C=O) groups excluding carboxylic acids is 1. The molecule has 0 bridgehead atoms. The summed E-state index contributed by atoms with van der Waals surface area (Å²) >= 11 is 4.72. The highest BCUT2D eigenvalue weighted by atomic mass is 79.9. The molecule has 0 fully saturated rings. The number of benzene rings is 1. The van der Waals surface area contributed by atoms with Crippen molar-refractivity contribution < 1.29 is 9.53 Å². The van der Waals surface area contributed by atoms with Crippen molar-refractivity contribution in [2.45, 2.75) is 26.4 Å². The van der Waals surface area contributed by atoms with Gasteiger partial charge in [-0.25, -0.2) is 0 Å². The van der Waals surface area contributed by atoms with Gasteiger partial charge in [0, 0.05) is 4.47 Å². The minimum Gasteiger partial charge on any atom is -0.481 e. The van der Waals surface area contributed by atoms with Crippen LogP contribution >= 0.6 is 27.3 Å². The van der Waals surface area contributed by atoms with Crippen molar-refractivity contribution in [3.8, 4) is 5.75 Å². The third kappa shape index (κ3) is 4.01. The number of carbonyl (C=O) groups is 1. The Balaban J connectivity index is 1.93. The number of nitrogens with one attached hydrogen (secondary N) is 1. The smallest absolute Gasteiger partial charge is 0.266 e. The predicted octanol–water partition coefficient (Wildman–Crippen LogP) is 3.27. The second-order valence-corrected chi connectivity index (χ2v) is 6.04. The molecule has 1 atom stereocenters. The number of halogens is 1. The quantitative estimate of drug-likeness (QED) is 0.893. The summed E-state index contributed by atoms with van der Waals surface area (Å²) < 4.78 is 6.52. The van der Waals surface area contributed by atoms with Gasteiger partial charge in [-0.05, 0) is 37.6 Å². The molecule has 5 nitrogen and oxygen atoms in total. The van der Waals surface area contributed by atoms with Crippen molar-refractivity contribution in [1.82, 2.24) is 10.2 Å². The van der Waals surface area contributed by atoms with Gasteiger partial charge >= 0.3 is 0 Å². The lowest BCUT2D eigenvalue weighted by Gasteiger charge is -2.13. The highest BCUT2D eigenvalue weighted by Crippen LogP contribution is 2.19. The lowest BCUT2D eigenvalue weighted by Crippen LogP contribution is -2.30. The molecule has 0 aliphatic carbocycles. The molecule has 2 aromatic rings. The minimum absolute atomic E-state index is 0.244. The Morgan fingerprint density at radius 2 is 2.10 bits per heavy atom. The average molecular weight is 356 g/mol. The van der Waals surface area contributed by atoms with Crippen molar-refractivity contribution in [2.75, 3.05) is 5.32 Å². The molecule has 1 amide bonds. The monoisotopic (exact) mass is 355 g/mol. The van der Waals surface area contributed by atoms with E-state index in [0.717, 1.165) is 15.9 Å². The Morgan fingerprint density at radius 3 is 2.70 bits per heavy atom. The van der Waals surface area contributed by atoms with Crippen LogP contribution in [0.5, 0.6) is 5.75 Å². The zero-order chi connectivity index (χ0) is 14.5. The van der Waals surface area contributed by atoms with Gasteiger partial charge in [-0.3, -0.25) is 10.1 Å². The molecule has 0 radical (unpaired) electrons. The summed E-state index contributed by atoms with van der Waals surface area (Å²) in [6.07, 6.45) is 0.198. The van der Waals surface area contributed by atoms with Crippen molar-refractivity contribution in [3.05, 3.63) is 33.7 Å². The van der Waals surface area contributed by atoms with Gasteiger partial charge in [0.2, 0.25) is 5.13 Å². The maximum Gasteiger partial charge on any atom is 0.266 e. The van der Waals surface area contributed by atoms with E-state index in [1.165, 1.54) is 11.3 Å². The maximum atomic E-state index is 12.0. The number of aryl methyl sites for hydroxylation is 1. The van der Waals surface area contributed by atoms with Crippen molar-refractivity contribution in [1.29, 1.82) is 0 Å². The van der Waals surface area contributed by atoms with Gasteiger partial charge in [-0.1, -0.05) is 34.2 Å². The van der Waals surface area contributed by atoms with Gasteiger partial charge in [0.15, 0.2) is 6.10 Å². The third-order valence-corrected chi connectivity index (χ3v) is 4.01. The maximum absolute atomic E-state index is 12.0. The predicted molar refractivity (Wildman–Crippen MR) is 82.1 cm³/mol. The fraction of sp³-hybridized carbons (Fsp3) is 0.308. The van der Waals surface area contributed by atoms with Crippen LogP contribution in [0.4, 0.5) is 5.13 Å². The van der Waals surface area contributed by atoms with E-state index in [0.29, 0.717) is 10.9 Å². The number of nitrogens with zero attached hydrogens (tertiary/aromatic N) is 2. The molecule has 0 saturated heterocycles. The highest BCUT2D eigenvalue weighted by Gasteiger charge is 2.16. The Morgan fingerprint density at radius 1 is 1.40 bits per heavy atom. The fourth-order valence-electron chi connectivity index (χ4n) is 1.42. The van der Waals surface area contributed by atoms with Crippen molar-refractivity contribution >= 4 is 38.3 Å². The molecule has 20 heavy (non-hydrogen) atoms. The third-order valence-electron chi connectivity index (χ3n) is 2.50. The van der Waals surface area contributed by atoms with Crippen LogP contribution in [0.1, 0.15) is 18.9 Å². The van der Waals surface area contributed by atoms with Crippen LogP contribution in [0.3, 0.4) is 0 Å². The molecule has 7 heteroatoms. The van der Waals surface area contributed by atoms with Crippen LogP contribution in [0.25, 0.3) is 0 Å². The van der Waals surface area contributed by atoms with Gasteiger partial charge < -0.3 is 4.74 Å². The first-order chi connectivity index (χ1) is 9.58. The van der Waals surface area contributed by atoms with Gasteiger partial charge in [-0.2, -0.15) is 0 Å². The Hall–Kier alpha value is -1.47. The summed E-state index contributed by atoms with van der Waals surface area (Å²) in [5, 5.41) is 11.9. The lowest BCUT2D eigenvalue weighted by molar-refractivity contribution is -0.122. The molecule has 106 valence electrons. The molecule has 1 heterocycles. The molecule has 1 aromatic carbocycles. The van der Waals surface area contributed by atoms with E-state index in [1.54, 1.807) is 19.1 Å². The van der Waals surface area contributed by atoms with E-state index >= 15 is 0 Å². The standard InChI is InChI=1S/C13H14BrN3O2S/c1-3-11-16-17-13(20-11)15-12(18)8(2)19-10-6-4-9(14)5-7-10/h4-8H,3H2,1-2H3,(H,15,17,18). The van der Waals surface area contributed by atoms with Crippen molar-refractivity contribution in [3.63, 3.8) is 0 Å². The minimum atomic E-state index is -0.606. The molecule has 0 spiro atoms. The Kier molecular flexibility index (Phi) is 5.08. The molecule has 0 aliphatic rings. The van der Waals surface area contributed by atoms with Gasteiger partial charge in [0.1, 0.15) is 10.8 Å². The van der Waals surface area contributed by atoms with E-state index in [9.17, 15) is 4.79 Å². The second-order valence-electron chi connectivity index (χ2n) is 4.06. The summed E-state index contributed by atoms with van der Waals surface area (Å²) in [5.74, 6) is 0.397. The number of amides is 1. The van der Waals surface area contributed by atoms with E-state index in [4.69, 9.17) is 4.74 Å². The topological polar surface area (TPSA) is 64.1 Å². The number of anilines is 1. The second kappa shape index (κ2) is 6.81. The molecule has 1 N–H and O–H groups in total. The van der Waals surface area contributed by atoms with E-state index in [1.807, 2.05) is 19.1 Å². The van der Waals surface area contributed by atoms with Crippen LogP contribution in [0.15, 0.2) is 28.7 Å². The SMILES string of the molecule is CCc1nnc(NC(=O)C(C)Oc2ccc(Br)cc2)s1. The van der Waals surface area contributed by atoms with E-state index in [2.05, 4.69) is 31.4 Å². The Bertz CT molecular complexity index is 586. The zero-order valence-corrected chi connectivity index (χ0v) is 13.5. The summed E-state index contributed by atoms with van der Waals surface area (Å²) in [4.78, 5) is 12.0. The molecule has 0 saturated carbocycles. The normalized spacial score (nSPS) is 11.9. The van der Waals surface area contributed by atoms with Gasteiger partial charge in [-0.15, -0.1) is 10.2 Å². The summed E-state index contributed by atoms with van der Waals surface area (Å²) in [6, 6.07) is 7.32. The van der Waals surface area contributed by atoms with Crippen molar-refractivity contribution in [2.24, 2.45) is 0 Å². The number of rotatable bonds is 5. The first kappa shape index (κ1) is 14.9. The van der Waals surface area contributed by atoms with Crippen LogP contribution < -0.4 is 10.1 Å². The zero-order valence-electron chi connectivity index (χ0n) is 11.1. The summed E-state index contributed by atoms with van der Waals surface area (Å²) in [6.45, 7) is 3.69. The first-order valence-electron chi connectivity index (χ1n) is 6.14. The summed E-state index contributed by atoms with van der Waals surface area (Å²) in [7, 11) is 0.